The molecule has 4 nitrogen and oxygen atoms in total. The van der Waals surface area contributed by atoms with Crippen LogP contribution in [0.3, 0.4) is 0 Å². The molecule has 18 heavy (non-hydrogen) atoms. The SMILES string of the molecule is CCCC(C(=O)NC(C)c1cccnc1)C(N)=S. The number of carbonyl (C=O) groups is 1. The van der Waals surface area contributed by atoms with Crippen molar-refractivity contribution in [2.45, 2.75) is 32.7 Å². The summed E-state index contributed by atoms with van der Waals surface area (Å²) >= 11 is 4.93. The van der Waals surface area contributed by atoms with Crippen molar-refractivity contribution in [3.05, 3.63) is 30.1 Å². The summed E-state index contributed by atoms with van der Waals surface area (Å²) in [5, 5.41) is 2.92. The maximum atomic E-state index is 12.1. The van der Waals surface area contributed by atoms with Crippen LogP contribution in [0.5, 0.6) is 0 Å². The van der Waals surface area contributed by atoms with E-state index in [1.54, 1.807) is 12.4 Å². The highest BCUT2D eigenvalue weighted by Gasteiger charge is 2.22. The molecule has 0 spiro atoms. The smallest absolute Gasteiger partial charge is 0.230 e. The van der Waals surface area contributed by atoms with Crippen LogP contribution in [0.1, 0.15) is 38.3 Å². The third-order valence-corrected chi connectivity index (χ3v) is 3.06. The van der Waals surface area contributed by atoms with Gasteiger partial charge in [0.15, 0.2) is 0 Å². The standard InChI is InChI=1S/C13H19N3OS/c1-3-5-11(12(14)18)13(17)16-9(2)10-6-4-7-15-8-10/h4,6-9,11H,3,5H2,1-2H3,(H2,14,18)(H,16,17). The maximum absolute atomic E-state index is 12.1. The van der Waals surface area contributed by atoms with Crippen LogP contribution in [-0.4, -0.2) is 15.9 Å². The minimum absolute atomic E-state index is 0.0973. The zero-order valence-electron chi connectivity index (χ0n) is 10.7. The molecule has 2 atom stereocenters. The molecule has 3 N–H and O–H groups in total. The fourth-order valence-corrected chi connectivity index (χ4v) is 1.95. The summed E-state index contributed by atoms with van der Waals surface area (Å²) in [6, 6.07) is 3.67. The van der Waals surface area contributed by atoms with Crippen molar-refractivity contribution >= 4 is 23.1 Å². The zero-order chi connectivity index (χ0) is 13.5. The van der Waals surface area contributed by atoms with Crippen LogP contribution in [-0.2, 0) is 4.79 Å². The van der Waals surface area contributed by atoms with Crippen molar-refractivity contribution < 1.29 is 4.79 Å². The summed E-state index contributed by atoms with van der Waals surface area (Å²) in [7, 11) is 0. The maximum Gasteiger partial charge on any atom is 0.230 e. The Labute approximate surface area is 113 Å². The van der Waals surface area contributed by atoms with Crippen molar-refractivity contribution in [1.82, 2.24) is 10.3 Å². The Kier molecular flexibility index (Phi) is 5.71. The van der Waals surface area contributed by atoms with Crippen LogP contribution < -0.4 is 11.1 Å². The molecule has 0 saturated carbocycles. The average Bonchev–Trinajstić information content (AvgIpc) is 2.36. The highest BCUT2D eigenvalue weighted by molar-refractivity contribution is 7.80. The third kappa shape index (κ3) is 4.07. The van der Waals surface area contributed by atoms with Gasteiger partial charge in [0.2, 0.25) is 5.91 Å². The van der Waals surface area contributed by atoms with E-state index >= 15 is 0 Å². The quantitative estimate of drug-likeness (QED) is 0.772. The molecule has 1 rings (SSSR count). The van der Waals surface area contributed by atoms with Crippen LogP contribution >= 0.6 is 12.2 Å². The zero-order valence-corrected chi connectivity index (χ0v) is 11.5. The normalized spacial score (nSPS) is 13.7. The van der Waals surface area contributed by atoms with E-state index in [-0.39, 0.29) is 22.9 Å². The van der Waals surface area contributed by atoms with Gasteiger partial charge in [0, 0.05) is 12.4 Å². The lowest BCUT2D eigenvalue weighted by atomic mass is 10.0. The summed E-state index contributed by atoms with van der Waals surface area (Å²) in [5.41, 5.74) is 6.56. The van der Waals surface area contributed by atoms with Gasteiger partial charge in [-0.15, -0.1) is 0 Å². The average molecular weight is 265 g/mol. The highest BCUT2D eigenvalue weighted by atomic mass is 32.1. The van der Waals surface area contributed by atoms with Crippen LogP contribution in [0.2, 0.25) is 0 Å². The molecule has 1 aromatic heterocycles. The Morgan fingerprint density at radius 1 is 1.61 bits per heavy atom. The molecule has 2 unspecified atom stereocenters. The van der Waals surface area contributed by atoms with E-state index in [0.717, 1.165) is 12.0 Å². The van der Waals surface area contributed by atoms with Gasteiger partial charge in [0.05, 0.1) is 16.9 Å². The Hall–Kier alpha value is -1.49. The van der Waals surface area contributed by atoms with Crippen molar-refractivity contribution in [2.75, 3.05) is 0 Å². The van der Waals surface area contributed by atoms with Gasteiger partial charge >= 0.3 is 0 Å². The Morgan fingerprint density at radius 2 is 2.33 bits per heavy atom. The van der Waals surface area contributed by atoms with Crippen molar-refractivity contribution in [2.24, 2.45) is 11.7 Å². The first-order valence-corrected chi connectivity index (χ1v) is 6.46. The fraction of sp³-hybridized carbons (Fsp3) is 0.462. The number of nitrogens with two attached hydrogens (primary N) is 1. The van der Waals surface area contributed by atoms with Crippen LogP contribution in [0.25, 0.3) is 0 Å². The molecule has 0 aliphatic carbocycles. The van der Waals surface area contributed by atoms with Gasteiger partial charge in [-0.2, -0.15) is 0 Å². The summed E-state index contributed by atoms with van der Waals surface area (Å²) in [5.74, 6) is -0.496. The first kappa shape index (κ1) is 14.6. The predicted octanol–water partition coefficient (Wildman–Crippen LogP) is 1.96. The molecule has 1 heterocycles. The number of hydrogen-bond acceptors (Lipinski definition) is 3. The lowest BCUT2D eigenvalue weighted by molar-refractivity contribution is -0.123. The number of amides is 1. The molecule has 1 amide bonds. The van der Waals surface area contributed by atoms with E-state index in [2.05, 4.69) is 10.3 Å². The molecule has 0 saturated heterocycles. The molecule has 98 valence electrons. The summed E-state index contributed by atoms with van der Waals surface area (Å²) in [4.78, 5) is 16.3. The molecule has 0 aromatic carbocycles. The number of carbonyl (C=O) groups excluding carboxylic acids is 1. The van der Waals surface area contributed by atoms with Gasteiger partial charge in [0.1, 0.15) is 0 Å². The van der Waals surface area contributed by atoms with Crippen molar-refractivity contribution in [3.63, 3.8) is 0 Å². The first-order chi connectivity index (χ1) is 8.56. The summed E-state index contributed by atoms with van der Waals surface area (Å²) < 4.78 is 0. The Balaban J connectivity index is 2.66. The highest BCUT2D eigenvalue weighted by Crippen LogP contribution is 2.13. The number of pyridine rings is 1. The minimum Gasteiger partial charge on any atom is -0.393 e. The van der Waals surface area contributed by atoms with Gasteiger partial charge in [-0.3, -0.25) is 9.78 Å². The van der Waals surface area contributed by atoms with E-state index in [0.29, 0.717) is 6.42 Å². The second-order valence-corrected chi connectivity index (χ2v) is 4.73. The number of hydrogen-bond donors (Lipinski definition) is 2. The van der Waals surface area contributed by atoms with Gasteiger partial charge in [-0.1, -0.05) is 31.6 Å². The number of aromatic nitrogens is 1. The Morgan fingerprint density at radius 3 is 2.83 bits per heavy atom. The molecule has 5 heteroatoms. The number of nitrogens with zero attached hydrogens (tertiary/aromatic N) is 1. The van der Waals surface area contributed by atoms with Crippen LogP contribution in [0.4, 0.5) is 0 Å². The molecule has 1 aromatic rings. The lowest BCUT2D eigenvalue weighted by Gasteiger charge is -2.19. The van der Waals surface area contributed by atoms with E-state index in [1.165, 1.54) is 0 Å². The number of rotatable bonds is 6. The van der Waals surface area contributed by atoms with E-state index in [4.69, 9.17) is 18.0 Å². The third-order valence-electron chi connectivity index (χ3n) is 2.78. The second-order valence-electron chi connectivity index (χ2n) is 4.26. The molecule has 0 fully saturated rings. The Bertz CT molecular complexity index is 408. The molecule has 0 bridgehead atoms. The second kappa shape index (κ2) is 7.06. The summed E-state index contributed by atoms with van der Waals surface area (Å²) in [6.45, 7) is 3.92. The minimum atomic E-state index is -0.385. The van der Waals surface area contributed by atoms with Gasteiger partial charge in [-0.25, -0.2) is 0 Å². The molecule has 0 aliphatic rings. The van der Waals surface area contributed by atoms with Crippen molar-refractivity contribution in [1.29, 1.82) is 0 Å². The van der Waals surface area contributed by atoms with Gasteiger partial charge < -0.3 is 11.1 Å². The lowest BCUT2D eigenvalue weighted by Crippen LogP contribution is -2.39. The molecule has 0 radical (unpaired) electrons. The first-order valence-electron chi connectivity index (χ1n) is 6.05. The molecule has 0 aliphatic heterocycles. The van der Waals surface area contributed by atoms with Crippen LogP contribution in [0, 0.1) is 5.92 Å². The number of nitrogens with one attached hydrogen (secondary N) is 1. The van der Waals surface area contributed by atoms with Crippen LogP contribution in [0.15, 0.2) is 24.5 Å². The summed E-state index contributed by atoms with van der Waals surface area (Å²) in [6.07, 6.45) is 4.99. The molecular formula is C13H19N3OS. The van der Waals surface area contributed by atoms with Gasteiger partial charge in [0.25, 0.3) is 0 Å². The van der Waals surface area contributed by atoms with E-state index in [9.17, 15) is 4.79 Å². The fourth-order valence-electron chi connectivity index (χ4n) is 1.72. The van der Waals surface area contributed by atoms with E-state index in [1.807, 2.05) is 26.0 Å². The van der Waals surface area contributed by atoms with E-state index < -0.39 is 0 Å². The predicted molar refractivity (Wildman–Crippen MR) is 76.0 cm³/mol. The van der Waals surface area contributed by atoms with Crippen molar-refractivity contribution in [3.8, 4) is 0 Å². The number of thiocarbonyl (C=S) groups is 1. The monoisotopic (exact) mass is 265 g/mol. The largest absolute Gasteiger partial charge is 0.393 e. The topological polar surface area (TPSA) is 68.0 Å². The molecular weight excluding hydrogens is 246 g/mol. The van der Waals surface area contributed by atoms with Gasteiger partial charge in [-0.05, 0) is 25.0 Å².